The van der Waals surface area contributed by atoms with Crippen LogP contribution in [0.1, 0.15) is 50.0 Å². The number of carbonyl (C=O) groups excluding carboxylic acids is 1. The van der Waals surface area contributed by atoms with Crippen molar-refractivity contribution in [3.05, 3.63) is 58.6 Å². The van der Waals surface area contributed by atoms with Gasteiger partial charge >= 0.3 is 0 Å². The molecule has 2 aromatic rings. The Kier molecular flexibility index (Phi) is 7.84. The van der Waals surface area contributed by atoms with E-state index in [1.165, 1.54) is 0 Å². The number of hydrogen-bond acceptors (Lipinski definition) is 5. The summed E-state index contributed by atoms with van der Waals surface area (Å²) in [5, 5.41) is 5.19. The number of hydrogen-bond donors (Lipinski definition) is 3. The Bertz CT molecular complexity index is 852. The molecule has 4 N–H and O–H groups in total. The van der Waals surface area contributed by atoms with Gasteiger partial charge in [-0.2, -0.15) is 0 Å². The maximum atomic E-state index is 12.4. The smallest absolute Gasteiger partial charge is 0.258 e. The summed E-state index contributed by atoms with van der Waals surface area (Å²) >= 11 is 6.06. The van der Waals surface area contributed by atoms with Crippen LogP contribution in [0.4, 0.5) is 11.6 Å². The maximum absolute atomic E-state index is 12.4. The van der Waals surface area contributed by atoms with E-state index in [1.807, 2.05) is 19.9 Å². The van der Waals surface area contributed by atoms with Crippen molar-refractivity contribution in [2.24, 2.45) is 0 Å². The molecule has 7 heteroatoms. The molecule has 0 radical (unpaired) electrons. The molecule has 2 heterocycles. The van der Waals surface area contributed by atoms with E-state index in [4.69, 9.17) is 17.3 Å². The second kappa shape index (κ2) is 10.1. The summed E-state index contributed by atoms with van der Waals surface area (Å²) in [7, 11) is 0. The summed E-state index contributed by atoms with van der Waals surface area (Å²) in [4.78, 5) is 16.7. The molecule has 150 valence electrons. The highest BCUT2D eigenvalue weighted by molar-refractivity contribution is 6.34. The van der Waals surface area contributed by atoms with Gasteiger partial charge in [0.25, 0.3) is 5.91 Å². The minimum atomic E-state index is -0.321. The van der Waals surface area contributed by atoms with E-state index < -0.39 is 0 Å². The molecule has 1 aliphatic heterocycles. The number of anilines is 2. The number of nitrogens with zero attached hydrogens (tertiary/aromatic N) is 2. The Balaban J connectivity index is 0.00000136. The zero-order valence-electron chi connectivity index (χ0n) is 16.8. The molecule has 0 fully saturated rings. The number of hydrazine groups is 1. The van der Waals surface area contributed by atoms with E-state index in [1.54, 1.807) is 30.3 Å². The lowest BCUT2D eigenvalue weighted by Crippen LogP contribution is -2.36. The molecular weight excluding hydrogens is 374 g/mol. The Morgan fingerprint density at radius 2 is 1.96 bits per heavy atom. The van der Waals surface area contributed by atoms with Gasteiger partial charge in [-0.05, 0) is 43.7 Å². The third kappa shape index (κ3) is 4.82. The van der Waals surface area contributed by atoms with E-state index in [9.17, 15) is 4.79 Å². The Hall–Kier alpha value is -2.57. The molecule has 1 aliphatic rings. The average molecular weight is 402 g/mol. The summed E-state index contributed by atoms with van der Waals surface area (Å²) in [6.45, 7) is 9.01. The van der Waals surface area contributed by atoms with Crippen molar-refractivity contribution in [1.29, 1.82) is 0 Å². The van der Waals surface area contributed by atoms with Gasteiger partial charge in [0.15, 0.2) is 0 Å². The van der Waals surface area contributed by atoms with E-state index >= 15 is 0 Å². The summed E-state index contributed by atoms with van der Waals surface area (Å²) in [6.07, 6.45) is 3.14. The molecule has 1 unspecified atom stereocenters. The van der Waals surface area contributed by atoms with Crippen LogP contribution in [0.5, 0.6) is 0 Å². The van der Waals surface area contributed by atoms with Crippen LogP contribution in [0.15, 0.2) is 42.5 Å². The largest absolute Gasteiger partial charge is 0.383 e. The predicted octanol–water partition coefficient (Wildman–Crippen LogP) is 4.56. The van der Waals surface area contributed by atoms with Gasteiger partial charge in [-0.1, -0.05) is 44.5 Å². The van der Waals surface area contributed by atoms with Crippen molar-refractivity contribution in [3.63, 3.8) is 0 Å². The SMILES string of the molecule is CC.CCC1C=C(c2ccc(NC(=O)c3ccccc3Cl)nc2N)N(CC)N1. The first-order chi connectivity index (χ1) is 13.5. The zero-order chi connectivity index (χ0) is 20.7. The molecule has 0 saturated heterocycles. The first-order valence-electron chi connectivity index (χ1n) is 9.61. The highest BCUT2D eigenvalue weighted by Crippen LogP contribution is 2.28. The Morgan fingerprint density at radius 3 is 2.57 bits per heavy atom. The van der Waals surface area contributed by atoms with Gasteiger partial charge < -0.3 is 16.1 Å². The van der Waals surface area contributed by atoms with E-state index in [0.29, 0.717) is 22.2 Å². The van der Waals surface area contributed by atoms with Crippen molar-refractivity contribution in [3.8, 4) is 0 Å². The summed E-state index contributed by atoms with van der Waals surface area (Å²) in [5.41, 5.74) is 11.8. The van der Waals surface area contributed by atoms with Crippen LogP contribution in [0.2, 0.25) is 5.02 Å². The number of carbonyl (C=O) groups is 1. The van der Waals surface area contributed by atoms with Crippen LogP contribution >= 0.6 is 11.6 Å². The van der Waals surface area contributed by atoms with Crippen molar-refractivity contribution in [1.82, 2.24) is 15.4 Å². The van der Waals surface area contributed by atoms with Crippen LogP contribution in [-0.4, -0.2) is 28.5 Å². The van der Waals surface area contributed by atoms with Crippen molar-refractivity contribution in [2.45, 2.75) is 40.2 Å². The molecule has 1 aromatic heterocycles. The fourth-order valence-electron chi connectivity index (χ4n) is 2.88. The number of amides is 1. The van der Waals surface area contributed by atoms with Crippen molar-refractivity contribution in [2.75, 3.05) is 17.6 Å². The number of nitrogens with one attached hydrogen (secondary N) is 2. The normalized spacial score (nSPS) is 15.5. The molecular formula is C21H28ClN5O. The summed E-state index contributed by atoms with van der Waals surface area (Å²) in [6, 6.07) is 10.8. The molecule has 0 saturated carbocycles. The molecule has 0 spiro atoms. The lowest BCUT2D eigenvalue weighted by Gasteiger charge is -2.22. The van der Waals surface area contributed by atoms with Crippen LogP contribution in [-0.2, 0) is 0 Å². The Morgan fingerprint density at radius 1 is 1.25 bits per heavy atom. The number of nitrogen functional groups attached to an aromatic ring is 1. The highest BCUT2D eigenvalue weighted by atomic mass is 35.5. The third-order valence-electron chi connectivity index (χ3n) is 4.29. The van der Waals surface area contributed by atoms with Crippen LogP contribution in [0, 0.1) is 0 Å². The summed E-state index contributed by atoms with van der Waals surface area (Å²) < 4.78 is 0. The van der Waals surface area contributed by atoms with Crippen molar-refractivity contribution >= 4 is 34.8 Å². The van der Waals surface area contributed by atoms with Gasteiger partial charge in [0.2, 0.25) is 0 Å². The molecule has 6 nitrogen and oxygen atoms in total. The van der Waals surface area contributed by atoms with Gasteiger partial charge in [0.05, 0.1) is 16.3 Å². The van der Waals surface area contributed by atoms with Gasteiger partial charge in [-0.25, -0.2) is 10.4 Å². The lowest BCUT2D eigenvalue weighted by molar-refractivity contribution is 0.102. The summed E-state index contributed by atoms with van der Waals surface area (Å²) in [5.74, 6) is 0.432. The number of rotatable bonds is 5. The first kappa shape index (κ1) is 21.7. The molecule has 1 amide bonds. The van der Waals surface area contributed by atoms with Crippen molar-refractivity contribution < 1.29 is 4.79 Å². The molecule has 0 aliphatic carbocycles. The second-order valence-electron chi connectivity index (χ2n) is 6.00. The number of pyridine rings is 1. The molecule has 0 bridgehead atoms. The lowest BCUT2D eigenvalue weighted by atomic mass is 10.1. The molecule has 28 heavy (non-hydrogen) atoms. The fourth-order valence-corrected chi connectivity index (χ4v) is 3.11. The van der Waals surface area contributed by atoms with Gasteiger partial charge in [0, 0.05) is 18.2 Å². The minimum absolute atomic E-state index is 0.281. The zero-order valence-corrected chi connectivity index (χ0v) is 17.5. The number of benzene rings is 1. The number of nitrogens with two attached hydrogens (primary N) is 1. The fraction of sp³-hybridized carbons (Fsp3) is 0.333. The standard InChI is InChI=1S/C19H22ClN5O.C2H6/c1-3-12-11-16(25(4-2)24-12)14-9-10-17(22-18(14)21)23-19(26)13-7-5-6-8-15(13)20;1-2/h5-12,24H,3-4H2,1-2H3,(H3,21,22,23,26);1-2H3. The van der Waals surface area contributed by atoms with Crippen LogP contribution in [0.3, 0.4) is 0 Å². The predicted molar refractivity (Wildman–Crippen MR) is 117 cm³/mol. The average Bonchev–Trinajstić information content (AvgIpc) is 3.13. The van der Waals surface area contributed by atoms with Gasteiger partial charge in [-0.15, -0.1) is 0 Å². The van der Waals surface area contributed by atoms with Crippen LogP contribution < -0.4 is 16.5 Å². The van der Waals surface area contributed by atoms with E-state index in [2.05, 4.69) is 40.7 Å². The van der Waals surface area contributed by atoms with E-state index in [-0.39, 0.29) is 11.9 Å². The Labute approximate surface area is 171 Å². The van der Waals surface area contributed by atoms with Crippen LogP contribution in [0.25, 0.3) is 5.70 Å². The highest BCUT2D eigenvalue weighted by Gasteiger charge is 2.23. The van der Waals surface area contributed by atoms with Gasteiger partial charge in [0.1, 0.15) is 11.6 Å². The second-order valence-corrected chi connectivity index (χ2v) is 6.41. The number of aromatic nitrogens is 1. The topological polar surface area (TPSA) is 83.3 Å². The molecule has 3 rings (SSSR count). The molecule has 1 aromatic carbocycles. The first-order valence-corrected chi connectivity index (χ1v) is 9.99. The van der Waals surface area contributed by atoms with E-state index in [0.717, 1.165) is 24.2 Å². The monoisotopic (exact) mass is 401 g/mol. The maximum Gasteiger partial charge on any atom is 0.258 e. The molecule has 1 atom stereocenters. The minimum Gasteiger partial charge on any atom is -0.383 e. The quantitative estimate of drug-likeness (QED) is 0.684. The number of halogens is 1. The third-order valence-corrected chi connectivity index (χ3v) is 4.62. The van der Waals surface area contributed by atoms with Gasteiger partial charge in [-0.3, -0.25) is 4.79 Å².